The summed E-state index contributed by atoms with van der Waals surface area (Å²) in [5, 5.41) is 5.79. The number of rotatable bonds is 6. The van der Waals surface area contributed by atoms with E-state index in [1.165, 1.54) is 6.07 Å². The molecular weight excluding hydrogens is 369 g/mol. The van der Waals surface area contributed by atoms with Crippen LogP contribution in [0.5, 0.6) is 0 Å². The Hall–Kier alpha value is -2.73. The van der Waals surface area contributed by atoms with E-state index >= 15 is 0 Å². The van der Waals surface area contributed by atoms with Gasteiger partial charge in [-0.3, -0.25) is 14.5 Å². The van der Waals surface area contributed by atoms with Gasteiger partial charge in [-0.2, -0.15) is 0 Å². The van der Waals surface area contributed by atoms with Crippen LogP contribution in [-0.2, 0) is 11.3 Å². The summed E-state index contributed by atoms with van der Waals surface area (Å²) >= 11 is 0. The maximum atomic E-state index is 13.9. The molecule has 1 saturated heterocycles. The highest BCUT2D eigenvalue weighted by Crippen LogP contribution is 2.23. The monoisotopic (exact) mass is 397 g/mol. The molecule has 0 unspecified atom stereocenters. The van der Waals surface area contributed by atoms with Crippen LogP contribution in [0.25, 0.3) is 0 Å². The van der Waals surface area contributed by atoms with Gasteiger partial charge in [0.2, 0.25) is 5.91 Å². The Morgan fingerprint density at radius 1 is 1.07 bits per heavy atom. The summed E-state index contributed by atoms with van der Waals surface area (Å²) in [6.45, 7) is 5.82. The summed E-state index contributed by atoms with van der Waals surface area (Å²) in [5.74, 6) is -0.576. The number of likely N-dealkylation sites (tertiary alicyclic amines) is 1. The molecule has 1 heterocycles. The average molecular weight is 397 g/mol. The fourth-order valence-electron chi connectivity index (χ4n) is 3.59. The minimum atomic E-state index is -0.199. The van der Waals surface area contributed by atoms with E-state index in [0.29, 0.717) is 36.2 Å². The molecular formula is C23H28FN3O2. The van der Waals surface area contributed by atoms with Crippen molar-refractivity contribution in [3.8, 4) is 0 Å². The Morgan fingerprint density at radius 2 is 1.72 bits per heavy atom. The third-order valence-corrected chi connectivity index (χ3v) is 5.16. The molecule has 2 amide bonds. The first-order valence-electron chi connectivity index (χ1n) is 10.1. The van der Waals surface area contributed by atoms with Crippen molar-refractivity contribution in [2.24, 2.45) is 5.92 Å². The van der Waals surface area contributed by atoms with E-state index in [2.05, 4.69) is 15.5 Å². The van der Waals surface area contributed by atoms with Crippen molar-refractivity contribution in [3.63, 3.8) is 0 Å². The molecule has 0 aliphatic carbocycles. The van der Waals surface area contributed by atoms with Gasteiger partial charge in [0.15, 0.2) is 0 Å². The first kappa shape index (κ1) is 21.0. The van der Waals surface area contributed by atoms with Gasteiger partial charge >= 0.3 is 0 Å². The first-order chi connectivity index (χ1) is 13.9. The zero-order chi connectivity index (χ0) is 20.8. The van der Waals surface area contributed by atoms with Crippen LogP contribution in [0.2, 0.25) is 0 Å². The minimum absolute atomic E-state index is 0.0186. The molecule has 0 radical (unpaired) electrons. The predicted molar refractivity (Wildman–Crippen MR) is 112 cm³/mol. The number of piperidine rings is 1. The Balaban J connectivity index is 1.57. The molecule has 5 nitrogen and oxygen atoms in total. The van der Waals surface area contributed by atoms with Crippen molar-refractivity contribution < 1.29 is 14.0 Å². The second-order valence-corrected chi connectivity index (χ2v) is 7.80. The lowest BCUT2D eigenvalue weighted by molar-refractivity contribution is -0.121. The molecule has 0 spiro atoms. The fraction of sp³-hybridized carbons (Fsp3) is 0.391. The van der Waals surface area contributed by atoms with Crippen molar-refractivity contribution in [1.82, 2.24) is 10.2 Å². The van der Waals surface area contributed by atoms with Crippen LogP contribution in [-0.4, -0.2) is 35.8 Å². The van der Waals surface area contributed by atoms with Crippen LogP contribution < -0.4 is 10.6 Å². The highest BCUT2D eigenvalue weighted by molar-refractivity contribution is 6.04. The maximum Gasteiger partial charge on any atom is 0.253 e. The summed E-state index contributed by atoms with van der Waals surface area (Å²) in [5.41, 5.74) is 1.68. The molecule has 1 aliphatic heterocycles. The molecule has 29 heavy (non-hydrogen) atoms. The lowest BCUT2D eigenvalue weighted by Gasteiger charge is -2.31. The van der Waals surface area contributed by atoms with Crippen LogP contribution in [0.1, 0.15) is 42.6 Å². The van der Waals surface area contributed by atoms with Gasteiger partial charge in [0.25, 0.3) is 5.91 Å². The van der Waals surface area contributed by atoms with Gasteiger partial charge in [-0.15, -0.1) is 0 Å². The Bertz CT molecular complexity index is 861. The molecule has 0 atom stereocenters. The number of hydrogen-bond acceptors (Lipinski definition) is 3. The smallest absolute Gasteiger partial charge is 0.253 e. The second kappa shape index (κ2) is 9.65. The van der Waals surface area contributed by atoms with Crippen LogP contribution in [0.15, 0.2) is 48.5 Å². The van der Waals surface area contributed by atoms with Crippen LogP contribution in [0.3, 0.4) is 0 Å². The Morgan fingerprint density at radius 3 is 2.41 bits per heavy atom. The molecule has 2 aromatic carbocycles. The van der Waals surface area contributed by atoms with E-state index in [1.807, 2.05) is 19.9 Å². The van der Waals surface area contributed by atoms with Gasteiger partial charge in [-0.25, -0.2) is 4.39 Å². The number of para-hydroxylation sites is 1. The molecule has 2 aromatic rings. The number of benzene rings is 2. The highest BCUT2D eigenvalue weighted by atomic mass is 19.1. The van der Waals surface area contributed by atoms with Crippen molar-refractivity contribution in [3.05, 3.63) is 65.5 Å². The summed E-state index contributed by atoms with van der Waals surface area (Å²) in [4.78, 5) is 27.3. The highest BCUT2D eigenvalue weighted by Gasteiger charge is 2.26. The normalized spacial score (nSPS) is 15.3. The van der Waals surface area contributed by atoms with Gasteiger partial charge in [0.05, 0.1) is 11.3 Å². The van der Waals surface area contributed by atoms with Gasteiger partial charge in [0, 0.05) is 24.1 Å². The number of amides is 2. The van der Waals surface area contributed by atoms with Crippen molar-refractivity contribution in [2.45, 2.75) is 39.3 Å². The van der Waals surface area contributed by atoms with Crippen LogP contribution >= 0.6 is 0 Å². The van der Waals surface area contributed by atoms with E-state index in [0.717, 1.165) is 13.1 Å². The lowest BCUT2D eigenvalue weighted by Crippen LogP contribution is -2.38. The number of nitrogens with zero attached hydrogens (tertiary/aromatic N) is 1. The number of anilines is 1. The third-order valence-electron chi connectivity index (χ3n) is 5.16. The predicted octanol–water partition coefficient (Wildman–Crippen LogP) is 3.81. The zero-order valence-corrected chi connectivity index (χ0v) is 17.0. The summed E-state index contributed by atoms with van der Waals surface area (Å²) < 4.78 is 13.9. The molecule has 3 rings (SSSR count). The third kappa shape index (κ3) is 5.64. The summed E-state index contributed by atoms with van der Waals surface area (Å²) in [6, 6.07) is 13.9. The van der Waals surface area contributed by atoms with Gasteiger partial charge in [-0.1, -0.05) is 30.3 Å². The molecule has 0 saturated carbocycles. The molecule has 1 fully saturated rings. The van der Waals surface area contributed by atoms with Crippen molar-refractivity contribution in [2.75, 3.05) is 18.4 Å². The standard InChI is InChI=1S/C23H28FN3O2/c1-16(2)25-23(29)19-8-4-6-10-21(19)26-22(28)17-11-13-27(14-12-17)15-18-7-3-5-9-20(18)24/h3-10,16-17H,11-15H2,1-2H3,(H,25,29)(H,26,28). The number of halogens is 1. The summed E-state index contributed by atoms with van der Waals surface area (Å²) in [6.07, 6.45) is 1.42. The largest absolute Gasteiger partial charge is 0.350 e. The maximum absolute atomic E-state index is 13.9. The molecule has 0 aromatic heterocycles. The van der Waals surface area contributed by atoms with Crippen LogP contribution in [0, 0.1) is 11.7 Å². The van der Waals surface area contributed by atoms with Crippen molar-refractivity contribution >= 4 is 17.5 Å². The fourth-order valence-corrected chi connectivity index (χ4v) is 3.59. The number of hydrogen-bond donors (Lipinski definition) is 2. The van der Waals surface area contributed by atoms with Crippen molar-refractivity contribution in [1.29, 1.82) is 0 Å². The molecule has 6 heteroatoms. The van der Waals surface area contributed by atoms with Gasteiger partial charge in [-0.05, 0) is 58.0 Å². The summed E-state index contributed by atoms with van der Waals surface area (Å²) in [7, 11) is 0. The molecule has 0 bridgehead atoms. The number of carbonyl (C=O) groups excluding carboxylic acids is 2. The minimum Gasteiger partial charge on any atom is -0.350 e. The molecule has 154 valence electrons. The van der Waals surface area contributed by atoms with E-state index in [-0.39, 0.29) is 29.6 Å². The molecule has 1 aliphatic rings. The van der Waals surface area contributed by atoms with Crippen LogP contribution in [0.4, 0.5) is 10.1 Å². The number of carbonyl (C=O) groups is 2. The second-order valence-electron chi connectivity index (χ2n) is 7.80. The van der Waals surface area contributed by atoms with E-state index < -0.39 is 0 Å². The van der Waals surface area contributed by atoms with E-state index in [4.69, 9.17) is 0 Å². The molecule has 2 N–H and O–H groups in total. The SMILES string of the molecule is CC(C)NC(=O)c1ccccc1NC(=O)C1CCN(Cc2ccccc2F)CC1. The topological polar surface area (TPSA) is 61.4 Å². The quantitative estimate of drug-likeness (QED) is 0.779. The first-order valence-corrected chi connectivity index (χ1v) is 10.1. The van der Waals surface area contributed by atoms with Gasteiger partial charge < -0.3 is 10.6 Å². The average Bonchev–Trinajstić information content (AvgIpc) is 2.70. The van der Waals surface area contributed by atoms with Gasteiger partial charge in [0.1, 0.15) is 5.82 Å². The lowest BCUT2D eigenvalue weighted by atomic mass is 9.95. The van der Waals surface area contributed by atoms with E-state index in [9.17, 15) is 14.0 Å². The Kier molecular flexibility index (Phi) is 6.99. The zero-order valence-electron chi connectivity index (χ0n) is 17.0. The number of nitrogens with one attached hydrogen (secondary N) is 2. The van der Waals surface area contributed by atoms with E-state index in [1.54, 1.807) is 36.4 Å². The Labute approximate surface area is 171 Å².